The molecule has 6 nitrogen and oxygen atoms in total. The second-order valence-corrected chi connectivity index (χ2v) is 6.24. The summed E-state index contributed by atoms with van der Waals surface area (Å²) in [5, 5.41) is 8.10. The highest BCUT2D eigenvalue weighted by Crippen LogP contribution is 2.32. The Morgan fingerprint density at radius 3 is 3.04 bits per heavy atom. The summed E-state index contributed by atoms with van der Waals surface area (Å²) in [6.45, 7) is 3.07. The molecule has 1 aliphatic heterocycles. The van der Waals surface area contributed by atoms with Crippen molar-refractivity contribution in [1.82, 2.24) is 10.3 Å². The number of hydrogen-bond acceptors (Lipinski definition) is 6. The average Bonchev–Trinajstić information content (AvgIpc) is 3.03. The number of anilines is 1. The zero-order valence-corrected chi connectivity index (χ0v) is 15.4. The van der Waals surface area contributed by atoms with Crippen LogP contribution in [-0.4, -0.2) is 43.3 Å². The van der Waals surface area contributed by atoms with Crippen molar-refractivity contribution in [3.63, 3.8) is 0 Å². The fourth-order valence-electron chi connectivity index (χ4n) is 2.55. The third kappa shape index (κ3) is 4.46. The minimum absolute atomic E-state index is 0. The van der Waals surface area contributed by atoms with Crippen molar-refractivity contribution in [2.75, 3.05) is 25.6 Å². The Balaban J connectivity index is 0.00000225. The van der Waals surface area contributed by atoms with Gasteiger partial charge in [0, 0.05) is 17.5 Å². The van der Waals surface area contributed by atoms with Crippen molar-refractivity contribution < 1.29 is 18.7 Å². The molecule has 2 aromatic rings. The van der Waals surface area contributed by atoms with Gasteiger partial charge in [0.2, 0.25) is 5.91 Å². The van der Waals surface area contributed by atoms with Crippen LogP contribution in [0, 0.1) is 5.82 Å². The van der Waals surface area contributed by atoms with E-state index in [1.807, 2.05) is 6.92 Å². The van der Waals surface area contributed by atoms with Gasteiger partial charge in [-0.25, -0.2) is 9.37 Å². The zero-order chi connectivity index (χ0) is 17.1. The molecule has 1 aromatic heterocycles. The van der Waals surface area contributed by atoms with Gasteiger partial charge in [-0.1, -0.05) is 0 Å². The summed E-state index contributed by atoms with van der Waals surface area (Å²) in [6, 6.07) is 3.81. The molecule has 25 heavy (non-hydrogen) atoms. The molecule has 0 spiro atoms. The molecule has 3 rings (SSSR count). The van der Waals surface area contributed by atoms with E-state index in [0.29, 0.717) is 35.3 Å². The van der Waals surface area contributed by atoms with Crippen LogP contribution in [0.5, 0.6) is 5.75 Å². The summed E-state index contributed by atoms with van der Waals surface area (Å²) >= 11 is 1.27. The molecule has 1 aliphatic rings. The third-order valence-corrected chi connectivity index (χ3v) is 4.53. The van der Waals surface area contributed by atoms with E-state index in [-0.39, 0.29) is 30.2 Å². The van der Waals surface area contributed by atoms with Gasteiger partial charge in [0.25, 0.3) is 0 Å². The molecule has 2 atom stereocenters. The van der Waals surface area contributed by atoms with Gasteiger partial charge in [0.15, 0.2) is 5.13 Å². The van der Waals surface area contributed by atoms with E-state index in [1.165, 1.54) is 30.6 Å². The Morgan fingerprint density at radius 2 is 2.32 bits per heavy atom. The minimum atomic E-state index is -0.421. The Hall–Kier alpha value is -1.74. The number of amides is 1. The second-order valence-electron chi connectivity index (χ2n) is 5.38. The van der Waals surface area contributed by atoms with Crippen LogP contribution < -0.4 is 15.4 Å². The molecular formula is C16H19ClFN3O3S. The van der Waals surface area contributed by atoms with E-state index < -0.39 is 6.04 Å². The average molecular weight is 388 g/mol. The minimum Gasteiger partial charge on any atom is -0.496 e. The van der Waals surface area contributed by atoms with Gasteiger partial charge in [-0.2, -0.15) is 0 Å². The highest BCUT2D eigenvalue weighted by Gasteiger charge is 2.28. The largest absolute Gasteiger partial charge is 0.496 e. The van der Waals surface area contributed by atoms with Gasteiger partial charge < -0.3 is 20.1 Å². The molecule has 2 heterocycles. The highest BCUT2D eigenvalue weighted by molar-refractivity contribution is 7.14. The summed E-state index contributed by atoms with van der Waals surface area (Å²) in [4.78, 5) is 16.7. The molecule has 2 N–H and O–H groups in total. The predicted molar refractivity (Wildman–Crippen MR) is 97.1 cm³/mol. The maximum atomic E-state index is 13.5. The van der Waals surface area contributed by atoms with Gasteiger partial charge in [0.05, 0.1) is 25.5 Å². The molecule has 1 fully saturated rings. The Bertz CT molecular complexity index is 743. The number of nitrogens with zero attached hydrogens (tertiary/aromatic N) is 1. The van der Waals surface area contributed by atoms with Crippen LogP contribution in [0.1, 0.15) is 6.92 Å². The lowest BCUT2D eigenvalue weighted by Crippen LogP contribution is -2.53. The first-order valence-electron chi connectivity index (χ1n) is 7.54. The van der Waals surface area contributed by atoms with Crippen molar-refractivity contribution in [3.05, 3.63) is 29.4 Å². The summed E-state index contributed by atoms with van der Waals surface area (Å²) in [5.41, 5.74) is 1.09. The van der Waals surface area contributed by atoms with Gasteiger partial charge in [-0.05, 0) is 25.1 Å². The number of halogens is 2. The molecule has 0 unspecified atom stereocenters. The van der Waals surface area contributed by atoms with E-state index in [9.17, 15) is 9.18 Å². The first-order valence-corrected chi connectivity index (χ1v) is 8.41. The van der Waals surface area contributed by atoms with Crippen LogP contribution in [0.15, 0.2) is 23.6 Å². The molecule has 136 valence electrons. The van der Waals surface area contributed by atoms with E-state index >= 15 is 0 Å². The quantitative estimate of drug-likeness (QED) is 0.843. The molecule has 1 aromatic carbocycles. The highest BCUT2D eigenvalue weighted by atomic mass is 35.5. The van der Waals surface area contributed by atoms with Crippen LogP contribution >= 0.6 is 23.7 Å². The van der Waals surface area contributed by atoms with Gasteiger partial charge >= 0.3 is 0 Å². The van der Waals surface area contributed by atoms with Crippen LogP contribution in [-0.2, 0) is 9.53 Å². The van der Waals surface area contributed by atoms with E-state index in [2.05, 4.69) is 15.6 Å². The number of morpholine rings is 1. The van der Waals surface area contributed by atoms with E-state index in [0.717, 1.165) is 0 Å². The lowest BCUT2D eigenvalue weighted by molar-refractivity contribution is -0.123. The van der Waals surface area contributed by atoms with E-state index in [1.54, 1.807) is 11.4 Å². The number of nitrogens with one attached hydrogen (secondary N) is 2. The predicted octanol–water partition coefficient (Wildman–Crippen LogP) is 2.70. The Labute approximate surface area is 155 Å². The molecule has 0 aliphatic carbocycles. The zero-order valence-electron chi connectivity index (χ0n) is 13.7. The fourth-order valence-corrected chi connectivity index (χ4v) is 3.26. The van der Waals surface area contributed by atoms with Crippen molar-refractivity contribution >= 4 is 34.8 Å². The first-order chi connectivity index (χ1) is 11.6. The monoisotopic (exact) mass is 387 g/mol. The number of carbonyl (C=O) groups is 1. The normalized spacial score (nSPS) is 19.8. The Morgan fingerprint density at radius 1 is 1.52 bits per heavy atom. The number of thiazole rings is 1. The third-order valence-electron chi connectivity index (χ3n) is 3.77. The first kappa shape index (κ1) is 19.6. The molecule has 9 heteroatoms. The summed E-state index contributed by atoms with van der Waals surface area (Å²) in [5.74, 6) is -0.0494. The maximum absolute atomic E-state index is 13.5. The lowest BCUT2D eigenvalue weighted by Gasteiger charge is -2.28. The van der Waals surface area contributed by atoms with Crippen LogP contribution in [0.4, 0.5) is 9.52 Å². The van der Waals surface area contributed by atoms with Crippen molar-refractivity contribution in [2.45, 2.75) is 19.1 Å². The standard InChI is InChI=1S/C16H18FN3O3S.ClH/c1-9-14(18-5-6-23-9)15(21)20-16-19-12(8-24-16)11-7-10(17)3-4-13(11)22-2;/h3-4,7-9,14,18H,5-6H2,1-2H3,(H,19,20,21);1H/t9-,14+;/m1./s1. The van der Waals surface area contributed by atoms with Crippen LogP contribution in [0.3, 0.4) is 0 Å². The van der Waals surface area contributed by atoms with Crippen molar-refractivity contribution in [2.24, 2.45) is 0 Å². The second kappa shape index (κ2) is 8.57. The maximum Gasteiger partial charge on any atom is 0.245 e. The number of carbonyl (C=O) groups excluding carboxylic acids is 1. The number of benzene rings is 1. The number of aromatic nitrogens is 1. The Kier molecular flexibility index (Phi) is 6.71. The molecule has 0 saturated carbocycles. The SMILES string of the molecule is COc1ccc(F)cc1-c1csc(NC(=O)[C@H]2NCCO[C@@H]2C)n1.Cl. The number of rotatable bonds is 4. The fraction of sp³-hybridized carbons (Fsp3) is 0.375. The van der Waals surface area contributed by atoms with Crippen molar-refractivity contribution in [1.29, 1.82) is 0 Å². The van der Waals surface area contributed by atoms with Gasteiger partial charge in [-0.15, -0.1) is 23.7 Å². The lowest BCUT2D eigenvalue weighted by atomic mass is 10.1. The summed E-state index contributed by atoms with van der Waals surface area (Å²) in [6.07, 6.45) is -0.207. The molecule has 0 bridgehead atoms. The van der Waals surface area contributed by atoms with Crippen LogP contribution in [0.25, 0.3) is 11.3 Å². The number of hydrogen-bond donors (Lipinski definition) is 2. The van der Waals surface area contributed by atoms with Crippen molar-refractivity contribution in [3.8, 4) is 17.0 Å². The molecule has 0 radical (unpaired) electrons. The van der Waals surface area contributed by atoms with Gasteiger partial charge in [-0.3, -0.25) is 4.79 Å². The van der Waals surface area contributed by atoms with Crippen LogP contribution in [0.2, 0.25) is 0 Å². The van der Waals surface area contributed by atoms with Gasteiger partial charge in [0.1, 0.15) is 17.6 Å². The number of methoxy groups -OCH3 is 1. The molecular weight excluding hydrogens is 369 g/mol. The topological polar surface area (TPSA) is 72.5 Å². The number of ether oxygens (including phenoxy) is 2. The summed E-state index contributed by atoms with van der Waals surface area (Å²) < 4.78 is 24.2. The molecule has 1 amide bonds. The molecule has 1 saturated heterocycles. The summed E-state index contributed by atoms with van der Waals surface area (Å²) in [7, 11) is 1.52. The smallest absolute Gasteiger partial charge is 0.245 e. The van der Waals surface area contributed by atoms with E-state index in [4.69, 9.17) is 9.47 Å².